The van der Waals surface area contributed by atoms with Crippen molar-refractivity contribution in [3.8, 4) is 5.69 Å². The Morgan fingerprint density at radius 2 is 1.94 bits per heavy atom. The molecule has 4 nitrogen and oxygen atoms in total. The Kier molecular flexibility index (Phi) is 2.31. The molecule has 1 aromatic carbocycles. The third-order valence-corrected chi connectivity index (χ3v) is 3.30. The summed E-state index contributed by atoms with van der Waals surface area (Å²) in [5.41, 5.74) is 7.61. The van der Waals surface area contributed by atoms with Crippen LogP contribution in [0.1, 0.15) is 30.9 Å². The first-order chi connectivity index (χ1) is 8.25. The van der Waals surface area contributed by atoms with Gasteiger partial charge in [-0.05, 0) is 37.1 Å². The number of nitrogens with two attached hydrogens (primary N) is 1. The molecule has 0 saturated heterocycles. The SMILES string of the molecule is Nc1nnn(-c2ccc(F)cc2)c1C1CCC1. The molecule has 0 spiro atoms. The summed E-state index contributed by atoms with van der Waals surface area (Å²) in [5, 5.41) is 7.95. The van der Waals surface area contributed by atoms with Gasteiger partial charge in [0.1, 0.15) is 5.82 Å². The van der Waals surface area contributed by atoms with Crippen molar-refractivity contribution < 1.29 is 4.39 Å². The van der Waals surface area contributed by atoms with Gasteiger partial charge in [0.15, 0.2) is 5.82 Å². The summed E-state index contributed by atoms with van der Waals surface area (Å²) >= 11 is 0. The number of benzene rings is 1. The Bertz CT molecular complexity index is 528. The molecule has 1 fully saturated rings. The van der Waals surface area contributed by atoms with Crippen LogP contribution in [0.15, 0.2) is 24.3 Å². The van der Waals surface area contributed by atoms with Gasteiger partial charge in [-0.15, -0.1) is 5.10 Å². The number of hydrogen-bond donors (Lipinski definition) is 1. The summed E-state index contributed by atoms with van der Waals surface area (Å²) in [6.45, 7) is 0. The lowest BCUT2D eigenvalue weighted by molar-refractivity contribution is 0.404. The molecule has 3 rings (SSSR count). The Hall–Kier alpha value is -1.91. The first kappa shape index (κ1) is 10.3. The minimum atomic E-state index is -0.257. The Balaban J connectivity index is 2.05. The lowest BCUT2D eigenvalue weighted by Gasteiger charge is -2.25. The molecule has 0 atom stereocenters. The third-order valence-electron chi connectivity index (χ3n) is 3.30. The fourth-order valence-corrected chi connectivity index (χ4v) is 2.14. The summed E-state index contributed by atoms with van der Waals surface area (Å²) in [7, 11) is 0. The van der Waals surface area contributed by atoms with Crippen LogP contribution in [0.5, 0.6) is 0 Å². The standard InChI is InChI=1S/C12H13FN4/c13-9-4-6-10(7-5-9)17-11(8-2-1-3-8)12(14)15-16-17/h4-8H,1-3,14H2. The highest BCUT2D eigenvalue weighted by atomic mass is 19.1. The van der Waals surface area contributed by atoms with Crippen LogP contribution in [0, 0.1) is 5.82 Å². The van der Waals surface area contributed by atoms with Crippen molar-refractivity contribution in [2.75, 3.05) is 5.73 Å². The van der Waals surface area contributed by atoms with Gasteiger partial charge in [-0.2, -0.15) is 0 Å². The van der Waals surface area contributed by atoms with Gasteiger partial charge in [0.2, 0.25) is 0 Å². The molecule has 1 saturated carbocycles. The molecular formula is C12H13FN4. The van der Waals surface area contributed by atoms with Crippen LogP contribution in [0.3, 0.4) is 0 Å². The van der Waals surface area contributed by atoms with Gasteiger partial charge in [-0.3, -0.25) is 0 Å². The molecule has 1 aliphatic carbocycles. The van der Waals surface area contributed by atoms with Gasteiger partial charge >= 0.3 is 0 Å². The zero-order valence-corrected chi connectivity index (χ0v) is 9.31. The van der Waals surface area contributed by atoms with Gasteiger partial charge in [0, 0.05) is 5.92 Å². The Labute approximate surface area is 98.2 Å². The van der Waals surface area contributed by atoms with Crippen LogP contribution in [-0.2, 0) is 0 Å². The summed E-state index contributed by atoms with van der Waals surface area (Å²) in [5.74, 6) is 0.668. The molecule has 0 radical (unpaired) electrons. The maximum absolute atomic E-state index is 12.9. The summed E-state index contributed by atoms with van der Waals surface area (Å²) in [4.78, 5) is 0. The highest BCUT2D eigenvalue weighted by molar-refractivity contribution is 5.43. The number of anilines is 1. The zero-order valence-electron chi connectivity index (χ0n) is 9.31. The Morgan fingerprint density at radius 1 is 1.24 bits per heavy atom. The van der Waals surface area contributed by atoms with Crippen LogP contribution >= 0.6 is 0 Å². The van der Waals surface area contributed by atoms with E-state index in [1.165, 1.54) is 18.6 Å². The molecule has 17 heavy (non-hydrogen) atoms. The van der Waals surface area contributed by atoms with E-state index in [1.54, 1.807) is 16.8 Å². The van der Waals surface area contributed by atoms with Gasteiger partial charge < -0.3 is 5.73 Å². The van der Waals surface area contributed by atoms with Gasteiger partial charge in [0.05, 0.1) is 11.4 Å². The first-order valence-corrected chi connectivity index (χ1v) is 5.73. The smallest absolute Gasteiger partial charge is 0.169 e. The second-order valence-corrected chi connectivity index (χ2v) is 4.38. The molecule has 1 aliphatic rings. The lowest BCUT2D eigenvalue weighted by Crippen LogP contribution is -2.15. The van der Waals surface area contributed by atoms with E-state index < -0.39 is 0 Å². The third kappa shape index (κ3) is 1.67. The fourth-order valence-electron chi connectivity index (χ4n) is 2.14. The molecule has 0 unspecified atom stereocenters. The maximum atomic E-state index is 12.9. The first-order valence-electron chi connectivity index (χ1n) is 5.73. The highest BCUT2D eigenvalue weighted by Crippen LogP contribution is 2.39. The number of nitrogen functional groups attached to an aromatic ring is 1. The largest absolute Gasteiger partial charge is 0.381 e. The minimum Gasteiger partial charge on any atom is -0.381 e. The average molecular weight is 232 g/mol. The lowest BCUT2D eigenvalue weighted by atomic mass is 9.82. The molecule has 1 heterocycles. The summed E-state index contributed by atoms with van der Waals surface area (Å²) in [6, 6.07) is 6.20. The van der Waals surface area contributed by atoms with E-state index >= 15 is 0 Å². The number of hydrogen-bond acceptors (Lipinski definition) is 3. The molecule has 1 aromatic heterocycles. The van der Waals surface area contributed by atoms with Gasteiger partial charge in [-0.1, -0.05) is 11.6 Å². The quantitative estimate of drug-likeness (QED) is 0.864. The molecule has 0 bridgehead atoms. The van der Waals surface area contributed by atoms with Crippen molar-refractivity contribution >= 4 is 5.82 Å². The average Bonchev–Trinajstić information content (AvgIpc) is 2.61. The number of nitrogens with zero attached hydrogens (tertiary/aromatic N) is 3. The summed E-state index contributed by atoms with van der Waals surface area (Å²) in [6.07, 6.45) is 3.47. The number of aromatic nitrogens is 3. The second-order valence-electron chi connectivity index (χ2n) is 4.38. The topological polar surface area (TPSA) is 56.7 Å². The second kappa shape index (κ2) is 3.84. The van der Waals surface area contributed by atoms with Crippen LogP contribution in [0.2, 0.25) is 0 Å². The molecule has 2 N–H and O–H groups in total. The fraction of sp³-hybridized carbons (Fsp3) is 0.333. The minimum absolute atomic E-state index is 0.257. The number of halogens is 1. The van der Waals surface area contributed by atoms with E-state index in [2.05, 4.69) is 10.3 Å². The van der Waals surface area contributed by atoms with Crippen molar-refractivity contribution in [2.24, 2.45) is 0 Å². The zero-order chi connectivity index (χ0) is 11.8. The molecule has 0 amide bonds. The summed E-state index contributed by atoms with van der Waals surface area (Å²) < 4.78 is 14.6. The number of rotatable bonds is 2. The molecule has 5 heteroatoms. The van der Waals surface area contributed by atoms with E-state index in [9.17, 15) is 4.39 Å². The maximum Gasteiger partial charge on any atom is 0.169 e. The predicted octanol–water partition coefficient (Wildman–Crippen LogP) is 2.26. The van der Waals surface area contributed by atoms with Crippen molar-refractivity contribution in [2.45, 2.75) is 25.2 Å². The van der Waals surface area contributed by atoms with Crippen molar-refractivity contribution in [1.82, 2.24) is 15.0 Å². The molecular weight excluding hydrogens is 219 g/mol. The van der Waals surface area contributed by atoms with Crippen LogP contribution in [-0.4, -0.2) is 15.0 Å². The van der Waals surface area contributed by atoms with E-state index in [-0.39, 0.29) is 5.82 Å². The van der Waals surface area contributed by atoms with E-state index in [1.807, 2.05) is 0 Å². The highest BCUT2D eigenvalue weighted by Gasteiger charge is 2.27. The van der Waals surface area contributed by atoms with Crippen LogP contribution < -0.4 is 5.73 Å². The van der Waals surface area contributed by atoms with Crippen molar-refractivity contribution in [3.05, 3.63) is 35.8 Å². The van der Waals surface area contributed by atoms with Crippen molar-refractivity contribution in [1.29, 1.82) is 0 Å². The molecule has 88 valence electrons. The van der Waals surface area contributed by atoms with E-state index in [4.69, 9.17) is 5.73 Å². The van der Waals surface area contributed by atoms with Gasteiger partial charge in [-0.25, -0.2) is 9.07 Å². The normalized spacial score (nSPS) is 15.8. The van der Waals surface area contributed by atoms with Crippen LogP contribution in [0.25, 0.3) is 5.69 Å². The predicted molar refractivity (Wildman–Crippen MR) is 62.3 cm³/mol. The Morgan fingerprint density at radius 3 is 2.53 bits per heavy atom. The van der Waals surface area contributed by atoms with Gasteiger partial charge in [0.25, 0.3) is 0 Å². The monoisotopic (exact) mass is 232 g/mol. The molecule has 2 aromatic rings. The van der Waals surface area contributed by atoms with Crippen LogP contribution in [0.4, 0.5) is 10.2 Å². The molecule has 0 aliphatic heterocycles. The van der Waals surface area contributed by atoms with Crippen molar-refractivity contribution in [3.63, 3.8) is 0 Å². The van der Waals surface area contributed by atoms with E-state index in [0.717, 1.165) is 24.2 Å². The van der Waals surface area contributed by atoms with E-state index in [0.29, 0.717) is 11.7 Å².